The summed E-state index contributed by atoms with van der Waals surface area (Å²) in [6, 6.07) is 0. The number of aromatic amines is 1. The van der Waals surface area contributed by atoms with Crippen molar-refractivity contribution in [3.8, 4) is 0 Å². The minimum absolute atomic E-state index is 0.0166. The van der Waals surface area contributed by atoms with Gasteiger partial charge in [-0.15, -0.1) is 0 Å². The molecule has 4 aromatic rings. The molecule has 3 aliphatic rings. The fourth-order valence-corrected chi connectivity index (χ4v) is 7.08. The fourth-order valence-electron chi connectivity index (χ4n) is 5.18. The molecule has 3 fully saturated rings. The largest absolute Gasteiger partial charge is 0.756 e. The number of alkyl halides is 1. The van der Waals surface area contributed by atoms with Crippen molar-refractivity contribution in [3.05, 3.63) is 35.5 Å². The highest BCUT2D eigenvalue weighted by molar-refractivity contribution is 7.84. The Morgan fingerprint density at radius 3 is 2.81 bits per heavy atom. The molecule has 8 atom stereocenters. The van der Waals surface area contributed by atoms with Crippen LogP contribution in [0, 0.1) is 0 Å². The van der Waals surface area contributed by atoms with Crippen LogP contribution in [0.15, 0.2) is 30.0 Å². The molecule has 7 heterocycles. The van der Waals surface area contributed by atoms with E-state index >= 15 is 4.39 Å². The van der Waals surface area contributed by atoms with Gasteiger partial charge >= 0.3 is 10.3 Å². The van der Waals surface area contributed by atoms with Crippen molar-refractivity contribution in [1.82, 2.24) is 44.0 Å². The highest BCUT2D eigenvalue weighted by Gasteiger charge is 2.50. The summed E-state index contributed by atoms with van der Waals surface area (Å²) >= 11 is 0. The van der Waals surface area contributed by atoms with Crippen molar-refractivity contribution >= 4 is 46.1 Å². The number of phosphoric ester groups is 1. The van der Waals surface area contributed by atoms with E-state index in [1.807, 2.05) is 0 Å². The van der Waals surface area contributed by atoms with E-state index in [4.69, 9.17) is 28.4 Å². The second kappa shape index (κ2) is 10.3. The van der Waals surface area contributed by atoms with Crippen LogP contribution in [0.2, 0.25) is 0 Å². The predicted molar refractivity (Wildman–Crippen MR) is 135 cm³/mol. The van der Waals surface area contributed by atoms with Crippen molar-refractivity contribution in [2.45, 2.75) is 49.5 Å². The first-order valence-corrected chi connectivity index (χ1v) is 15.5. The van der Waals surface area contributed by atoms with E-state index in [2.05, 4.69) is 34.7 Å². The minimum atomic E-state index is -5.25. The Balaban J connectivity index is 1.15. The average molecular weight is 643 g/mol. The number of fused-ring (bicyclic) bond motifs is 4. The van der Waals surface area contributed by atoms with Crippen molar-refractivity contribution in [2.24, 2.45) is 0 Å². The first-order chi connectivity index (χ1) is 20.5. The van der Waals surface area contributed by atoms with E-state index in [-0.39, 0.29) is 34.4 Å². The number of nitrogens with two attached hydrogens (primary N) is 1. The molecular formula is C20H21FN10O10PS-. The molecule has 0 radical (unpaired) electrons. The summed E-state index contributed by atoms with van der Waals surface area (Å²) in [7, 11) is -9.80. The Labute approximate surface area is 239 Å². The number of aromatic nitrogens is 8. The lowest BCUT2D eigenvalue weighted by Crippen LogP contribution is -2.44. The second-order valence-corrected chi connectivity index (χ2v) is 12.5. The predicted octanol–water partition coefficient (Wildman–Crippen LogP) is -1.83. The third-order valence-corrected chi connectivity index (χ3v) is 9.12. The maximum absolute atomic E-state index is 15.8. The van der Waals surface area contributed by atoms with E-state index < -0.39 is 79.9 Å². The maximum atomic E-state index is 15.8. The van der Waals surface area contributed by atoms with Crippen molar-refractivity contribution in [2.75, 3.05) is 18.9 Å². The van der Waals surface area contributed by atoms with E-state index in [1.165, 1.54) is 17.2 Å². The van der Waals surface area contributed by atoms with Gasteiger partial charge in [-0.3, -0.25) is 18.1 Å². The van der Waals surface area contributed by atoms with Crippen LogP contribution < -0.4 is 20.9 Å². The van der Waals surface area contributed by atoms with Gasteiger partial charge in [0.05, 0.1) is 25.5 Å². The van der Waals surface area contributed by atoms with Crippen LogP contribution in [-0.4, -0.2) is 91.4 Å². The molecule has 43 heavy (non-hydrogen) atoms. The number of nitrogens with one attached hydrogen (secondary N) is 2. The van der Waals surface area contributed by atoms with Crippen LogP contribution >= 0.6 is 7.82 Å². The lowest BCUT2D eigenvalue weighted by Gasteiger charge is -2.31. The van der Waals surface area contributed by atoms with Crippen LogP contribution in [0.1, 0.15) is 18.9 Å². The number of phosphoric acid groups is 1. The van der Waals surface area contributed by atoms with Gasteiger partial charge in [0.1, 0.15) is 41.6 Å². The monoisotopic (exact) mass is 643 g/mol. The Kier molecular flexibility index (Phi) is 6.79. The molecule has 0 bridgehead atoms. The third kappa shape index (κ3) is 5.09. The molecule has 0 spiro atoms. The topological polar surface area (TPSA) is 266 Å². The number of rotatable bonds is 2. The Hall–Kier alpha value is -3.47. The van der Waals surface area contributed by atoms with Crippen molar-refractivity contribution < 1.29 is 45.0 Å². The van der Waals surface area contributed by atoms with Crippen LogP contribution in [0.3, 0.4) is 0 Å². The Morgan fingerprint density at radius 2 is 1.98 bits per heavy atom. The normalized spacial score (nSPS) is 34.9. The molecule has 23 heteroatoms. The van der Waals surface area contributed by atoms with E-state index in [0.29, 0.717) is 0 Å². The van der Waals surface area contributed by atoms with Gasteiger partial charge in [0, 0.05) is 13.0 Å². The lowest BCUT2D eigenvalue weighted by atomic mass is 10.1. The summed E-state index contributed by atoms with van der Waals surface area (Å²) in [5.74, 6) is 0.0166. The summed E-state index contributed by atoms with van der Waals surface area (Å²) < 4.78 is 86.0. The molecule has 3 saturated heterocycles. The number of anilines is 1. The SMILES string of the molecule is Nc1ncnc2c1ncn2[C@@H]1O[C@@H]2CNS(=O)(=O)O[C@H]3C[C@H](n4ncc5c(=O)[nH]cnc54)O[C@@H]3COP(=O)([O-])O[C@H]2[C@H]1F. The summed E-state index contributed by atoms with van der Waals surface area (Å²) in [5.41, 5.74) is 5.70. The summed E-state index contributed by atoms with van der Waals surface area (Å²) in [5, 5.41) is 4.25. The van der Waals surface area contributed by atoms with Gasteiger partial charge < -0.3 is 34.1 Å². The maximum Gasteiger partial charge on any atom is 0.336 e. The first-order valence-electron chi connectivity index (χ1n) is 12.6. The van der Waals surface area contributed by atoms with Crippen LogP contribution in [0.25, 0.3) is 22.2 Å². The quantitative estimate of drug-likeness (QED) is 0.203. The van der Waals surface area contributed by atoms with Gasteiger partial charge in [-0.2, -0.15) is 18.2 Å². The van der Waals surface area contributed by atoms with E-state index in [1.54, 1.807) is 0 Å². The summed E-state index contributed by atoms with van der Waals surface area (Å²) in [4.78, 5) is 43.3. The molecule has 3 aliphatic heterocycles. The van der Waals surface area contributed by atoms with E-state index in [0.717, 1.165) is 17.2 Å². The zero-order valence-corrected chi connectivity index (χ0v) is 23.2. The number of halogens is 1. The molecule has 0 amide bonds. The third-order valence-electron chi connectivity index (χ3n) is 7.14. The second-order valence-electron chi connectivity index (χ2n) is 9.77. The van der Waals surface area contributed by atoms with Crippen molar-refractivity contribution in [3.63, 3.8) is 0 Å². The molecule has 4 N–H and O–H groups in total. The first kappa shape index (κ1) is 28.3. The molecule has 0 saturated carbocycles. The smallest absolute Gasteiger partial charge is 0.336 e. The van der Waals surface area contributed by atoms with Gasteiger partial charge in [0.15, 0.2) is 35.7 Å². The molecule has 0 aromatic carbocycles. The molecular weight excluding hydrogens is 622 g/mol. The van der Waals surface area contributed by atoms with E-state index in [9.17, 15) is 22.7 Å². The number of nitrogens with zero attached hydrogens (tertiary/aromatic N) is 7. The zero-order valence-electron chi connectivity index (χ0n) is 21.5. The molecule has 20 nitrogen and oxygen atoms in total. The van der Waals surface area contributed by atoms with Gasteiger partial charge in [-0.25, -0.2) is 29.0 Å². The highest BCUT2D eigenvalue weighted by Crippen LogP contribution is 2.47. The van der Waals surface area contributed by atoms with Crippen molar-refractivity contribution in [1.29, 1.82) is 0 Å². The molecule has 0 aliphatic carbocycles. The fraction of sp³-hybridized carbons (Fsp3) is 0.500. The lowest BCUT2D eigenvalue weighted by molar-refractivity contribution is -0.235. The van der Waals surface area contributed by atoms with Crippen LogP contribution in [-0.2, 0) is 37.6 Å². The van der Waals surface area contributed by atoms with Gasteiger partial charge in [-0.05, 0) is 0 Å². The Morgan fingerprint density at radius 1 is 1.14 bits per heavy atom. The van der Waals surface area contributed by atoms with Crippen LogP contribution in [0.4, 0.5) is 10.2 Å². The number of H-pyrrole nitrogens is 1. The molecule has 1 unspecified atom stereocenters. The van der Waals surface area contributed by atoms with Gasteiger partial charge in [0.2, 0.25) is 0 Å². The van der Waals surface area contributed by atoms with Gasteiger partial charge in [-0.1, -0.05) is 0 Å². The number of ether oxygens (including phenoxy) is 2. The molecule has 230 valence electrons. The summed E-state index contributed by atoms with van der Waals surface area (Å²) in [6.07, 6.45) is -6.03. The Bertz CT molecular complexity index is 1920. The molecule has 4 aromatic heterocycles. The average Bonchev–Trinajstić information content (AvgIpc) is 3.72. The number of hydrogen-bond acceptors (Lipinski definition) is 16. The minimum Gasteiger partial charge on any atom is -0.756 e. The number of imidazole rings is 1. The standard InChI is InChI=1S/C20H22FN10O10PS/c21-13-15-10(39-20(13)30-7-27-14-16(22)23-5-25-18(14)30)3-29-43(35,36)41-9-1-12(38-11(9)4-37-42(33,34)40-15)31-17-8(2-28-31)19(32)26-6-24-17/h2,5-7,9-13,15,20,29H,1,3-4H2,(H,33,34)(H2,22,23,25)(H,24,26,32)/p-1/t9-,10+,11+,12+,13+,15+,20+/m0/s1. The number of hydrogen-bond donors (Lipinski definition) is 3. The highest BCUT2D eigenvalue weighted by atomic mass is 32.2. The number of nitrogen functional groups attached to an aromatic ring is 1. The van der Waals surface area contributed by atoms with Crippen LogP contribution in [0.5, 0.6) is 0 Å². The summed E-state index contributed by atoms with van der Waals surface area (Å²) in [6.45, 7) is -1.41. The zero-order chi connectivity index (χ0) is 30.1. The van der Waals surface area contributed by atoms with Gasteiger partial charge in [0.25, 0.3) is 13.4 Å². The molecule has 7 rings (SSSR count).